The van der Waals surface area contributed by atoms with Crippen molar-refractivity contribution >= 4 is 45.2 Å². The molecule has 0 atom stereocenters. The van der Waals surface area contributed by atoms with E-state index in [9.17, 15) is 8.42 Å². The molecule has 0 fully saturated rings. The van der Waals surface area contributed by atoms with Crippen molar-refractivity contribution in [3.63, 3.8) is 0 Å². The predicted octanol–water partition coefficient (Wildman–Crippen LogP) is 3.58. The summed E-state index contributed by atoms with van der Waals surface area (Å²) in [4.78, 5) is 8.45. The summed E-state index contributed by atoms with van der Waals surface area (Å²) in [5, 5.41) is 3.80. The molecule has 0 aliphatic rings. The SMILES string of the molecule is CCCCCCCCN=C(N)NC(N)=NCc1ccc(Cl)c(Cl)c1.CS(=O)(=O)O. The van der Waals surface area contributed by atoms with Gasteiger partial charge < -0.3 is 11.5 Å². The number of nitrogens with two attached hydrogens (primary N) is 2. The molecule has 0 aliphatic heterocycles. The lowest BCUT2D eigenvalue weighted by Crippen LogP contribution is -2.41. The third-order valence-corrected chi connectivity index (χ3v) is 4.20. The molecular weight excluding hydrogens is 437 g/mol. The van der Waals surface area contributed by atoms with Gasteiger partial charge in [0.25, 0.3) is 10.1 Å². The number of benzene rings is 1. The van der Waals surface area contributed by atoms with Gasteiger partial charge in [0.2, 0.25) is 0 Å². The Labute approximate surface area is 183 Å². The standard InChI is InChI=1S/C17H27Cl2N5.CH4O3S/c1-2-3-4-5-6-7-10-22-16(20)24-17(21)23-12-13-8-9-14(18)15(19)11-13;1-5(2,3)4/h8-9,11H,2-7,10,12H2,1H3,(H5,20,21,22,23,24);1H3,(H,2,3,4). The maximum Gasteiger partial charge on any atom is 0.261 e. The van der Waals surface area contributed by atoms with Crippen LogP contribution in [0.15, 0.2) is 28.2 Å². The first kappa shape index (κ1) is 27.5. The third kappa shape index (κ3) is 18.2. The number of nitrogens with zero attached hydrogens (tertiary/aromatic N) is 2. The molecule has 8 nitrogen and oxygen atoms in total. The highest BCUT2D eigenvalue weighted by Crippen LogP contribution is 2.22. The van der Waals surface area contributed by atoms with Crippen LogP contribution in [0.5, 0.6) is 0 Å². The van der Waals surface area contributed by atoms with Crippen molar-refractivity contribution in [2.24, 2.45) is 21.5 Å². The first-order chi connectivity index (χ1) is 13.5. The molecule has 0 unspecified atom stereocenters. The molecule has 0 radical (unpaired) electrons. The van der Waals surface area contributed by atoms with Gasteiger partial charge in [-0.3, -0.25) is 14.9 Å². The van der Waals surface area contributed by atoms with E-state index in [1.54, 1.807) is 12.1 Å². The van der Waals surface area contributed by atoms with Gasteiger partial charge in [-0.1, -0.05) is 68.3 Å². The third-order valence-electron chi connectivity index (χ3n) is 3.47. The molecule has 0 heterocycles. The van der Waals surface area contributed by atoms with Crippen LogP contribution in [0, 0.1) is 0 Å². The molecule has 1 rings (SSSR count). The lowest BCUT2D eigenvalue weighted by Gasteiger charge is -2.05. The van der Waals surface area contributed by atoms with Crippen molar-refractivity contribution in [1.29, 1.82) is 0 Å². The summed E-state index contributed by atoms with van der Waals surface area (Å²) >= 11 is 11.8. The largest absolute Gasteiger partial charge is 0.370 e. The summed E-state index contributed by atoms with van der Waals surface area (Å²) in [7, 11) is -3.67. The zero-order valence-electron chi connectivity index (χ0n) is 16.9. The molecular formula is C18H31Cl2N5O3S. The van der Waals surface area contributed by atoms with Gasteiger partial charge in [0.15, 0.2) is 11.9 Å². The van der Waals surface area contributed by atoms with E-state index < -0.39 is 10.1 Å². The minimum Gasteiger partial charge on any atom is -0.370 e. The van der Waals surface area contributed by atoms with Gasteiger partial charge in [0.05, 0.1) is 22.8 Å². The molecule has 6 N–H and O–H groups in total. The van der Waals surface area contributed by atoms with Crippen LogP contribution < -0.4 is 16.8 Å². The molecule has 0 bridgehead atoms. The summed E-state index contributed by atoms with van der Waals surface area (Å²) in [5.74, 6) is 0.518. The van der Waals surface area contributed by atoms with E-state index in [1.165, 1.54) is 32.1 Å². The first-order valence-corrected chi connectivity index (χ1v) is 11.9. The quantitative estimate of drug-likeness (QED) is 0.189. The summed E-state index contributed by atoms with van der Waals surface area (Å²) in [6, 6.07) is 5.34. The highest BCUT2D eigenvalue weighted by atomic mass is 35.5. The maximum atomic E-state index is 9.19. The van der Waals surface area contributed by atoms with Gasteiger partial charge >= 0.3 is 0 Å². The topological polar surface area (TPSA) is 143 Å². The molecule has 29 heavy (non-hydrogen) atoms. The van der Waals surface area contributed by atoms with E-state index in [0.29, 0.717) is 35.4 Å². The van der Waals surface area contributed by atoms with Crippen LogP contribution in [0.1, 0.15) is 51.0 Å². The van der Waals surface area contributed by atoms with Gasteiger partial charge in [-0.25, -0.2) is 4.99 Å². The van der Waals surface area contributed by atoms with Crippen molar-refractivity contribution in [2.75, 3.05) is 12.8 Å². The molecule has 0 saturated carbocycles. The fraction of sp³-hybridized carbons (Fsp3) is 0.556. The van der Waals surface area contributed by atoms with Gasteiger partial charge in [0.1, 0.15) is 0 Å². The van der Waals surface area contributed by atoms with E-state index in [0.717, 1.165) is 12.0 Å². The van der Waals surface area contributed by atoms with Crippen LogP contribution in [0.25, 0.3) is 0 Å². The van der Waals surface area contributed by atoms with E-state index in [2.05, 4.69) is 22.2 Å². The number of aliphatic imine (C=N–C) groups is 2. The Morgan fingerprint density at radius 2 is 1.59 bits per heavy atom. The zero-order chi connectivity index (χ0) is 22.3. The Kier molecular flexibility index (Phi) is 14.5. The molecule has 0 amide bonds. The first-order valence-electron chi connectivity index (χ1n) is 9.26. The van der Waals surface area contributed by atoms with E-state index in [-0.39, 0.29) is 5.96 Å². The summed E-state index contributed by atoms with van der Waals surface area (Å²) in [5.41, 5.74) is 12.5. The Morgan fingerprint density at radius 1 is 1.03 bits per heavy atom. The normalized spacial score (nSPS) is 12.3. The zero-order valence-corrected chi connectivity index (χ0v) is 19.2. The van der Waals surface area contributed by atoms with Crippen molar-refractivity contribution < 1.29 is 13.0 Å². The highest BCUT2D eigenvalue weighted by Gasteiger charge is 2.00. The Balaban J connectivity index is 0.00000139. The maximum absolute atomic E-state index is 9.19. The monoisotopic (exact) mass is 467 g/mol. The van der Waals surface area contributed by atoms with Crippen molar-refractivity contribution in [1.82, 2.24) is 5.32 Å². The van der Waals surface area contributed by atoms with E-state index in [4.69, 9.17) is 39.2 Å². The fourth-order valence-electron chi connectivity index (χ4n) is 2.12. The van der Waals surface area contributed by atoms with Crippen LogP contribution in [0.3, 0.4) is 0 Å². The fourth-order valence-corrected chi connectivity index (χ4v) is 2.44. The molecule has 0 spiro atoms. The Morgan fingerprint density at radius 3 is 2.17 bits per heavy atom. The minimum absolute atomic E-state index is 0.227. The van der Waals surface area contributed by atoms with Crippen LogP contribution in [0.2, 0.25) is 10.0 Å². The van der Waals surface area contributed by atoms with Crippen LogP contribution in [0.4, 0.5) is 0 Å². The average molecular weight is 468 g/mol. The number of unbranched alkanes of at least 4 members (excludes halogenated alkanes) is 5. The van der Waals surface area contributed by atoms with Crippen molar-refractivity contribution in [3.8, 4) is 0 Å². The lowest BCUT2D eigenvalue weighted by molar-refractivity contribution is 0.490. The smallest absolute Gasteiger partial charge is 0.261 e. The molecule has 166 valence electrons. The second kappa shape index (κ2) is 15.3. The minimum atomic E-state index is -3.67. The summed E-state index contributed by atoms with van der Waals surface area (Å²) < 4.78 is 25.9. The summed E-state index contributed by atoms with van der Waals surface area (Å²) in [6.45, 7) is 3.30. The van der Waals surface area contributed by atoms with Gasteiger partial charge in [-0.15, -0.1) is 0 Å². The number of rotatable bonds is 9. The van der Waals surface area contributed by atoms with Crippen molar-refractivity contribution in [3.05, 3.63) is 33.8 Å². The van der Waals surface area contributed by atoms with E-state index >= 15 is 0 Å². The van der Waals surface area contributed by atoms with Gasteiger partial charge in [-0.2, -0.15) is 8.42 Å². The number of hydrogen-bond donors (Lipinski definition) is 4. The van der Waals surface area contributed by atoms with Crippen LogP contribution >= 0.6 is 23.2 Å². The Bertz CT molecular complexity index is 763. The molecule has 11 heteroatoms. The average Bonchev–Trinajstić information content (AvgIpc) is 2.60. The molecule has 0 aliphatic carbocycles. The number of nitrogens with one attached hydrogen (secondary N) is 1. The Hall–Kier alpha value is -1.55. The van der Waals surface area contributed by atoms with Crippen molar-refractivity contribution in [2.45, 2.75) is 52.0 Å². The molecule has 1 aromatic carbocycles. The van der Waals surface area contributed by atoms with Crippen LogP contribution in [-0.2, 0) is 16.7 Å². The molecule has 1 aromatic rings. The van der Waals surface area contributed by atoms with Gasteiger partial charge in [-0.05, 0) is 24.1 Å². The van der Waals surface area contributed by atoms with Gasteiger partial charge in [0, 0.05) is 6.54 Å². The lowest BCUT2D eigenvalue weighted by atomic mass is 10.1. The number of hydrogen-bond acceptors (Lipinski definition) is 4. The highest BCUT2D eigenvalue weighted by molar-refractivity contribution is 7.85. The molecule has 0 saturated heterocycles. The second-order valence-corrected chi connectivity index (χ2v) is 8.62. The molecule has 0 aromatic heterocycles. The van der Waals surface area contributed by atoms with E-state index in [1.807, 2.05) is 6.07 Å². The summed E-state index contributed by atoms with van der Waals surface area (Å²) in [6.07, 6.45) is 8.04. The number of halogens is 2. The number of guanidine groups is 2. The van der Waals surface area contributed by atoms with Crippen LogP contribution in [-0.4, -0.2) is 37.7 Å². The predicted molar refractivity (Wildman–Crippen MR) is 122 cm³/mol. The second-order valence-electron chi connectivity index (χ2n) is 6.34.